The minimum Gasteiger partial charge on any atom is -0.477 e. The van der Waals surface area contributed by atoms with Crippen LogP contribution in [-0.4, -0.2) is 87.4 Å². The fraction of sp³-hybridized carbons (Fsp3) is 0.724. The summed E-state index contributed by atoms with van der Waals surface area (Å²) in [6.07, 6.45) is 89.1. The van der Waals surface area contributed by atoms with Crippen molar-refractivity contribution >= 4 is 17.9 Å². The van der Waals surface area contributed by atoms with Crippen LogP contribution >= 0.6 is 0 Å². The van der Waals surface area contributed by atoms with Crippen LogP contribution in [0, 0.1) is 0 Å². The van der Waals surface area contributed by atoms with Crippen LogP contribution in [0.25, 0.3) is 0 Å². The largest absolute Gasteiger partial charge is 0.477 e. The molecular formula is C76H132NO8+. The molecule has 1 N–H and O–H groups in total. The summed E-state index contributed by atoms with van der Waals surface area (Å²) < 4.78 is 23.0. The summed E-state index contributed by atoms with van der Waals surface area (Å²) in [7, 11) is 5.97. The Morgan fingerprint density at radius 3 is 1.01 bits per heavy atom. The molecule has 0 bridgehead atoms. The molecule has 0 radical (unpaired) electrons. The van der Waals surface area contributed by atoms with Gasteiger partial charge in [0.25, 0.3) is 6.29 Å². The molecule has 9 heteroatoms. The number of hydrogen-bond donors (Lipinski definition) is 1. The SMILES string of the molecule is CC/C=C\C/C=C\C/C=C\C/C=C\C/C=C\C/C=C\C/C=C\C/C=C\CCCCCCCCC(=O)OC(COC(=O)CCCCCCCCCCCCCCCCCCC/C=C\CCCCCCCCCC)COC(OCC[N+](C)(C)C)C(=O)O. The molecule has 488 valence electrons. The van der Waals surface area contributed by atoms with Crippen molar-refractivity contribution < 1.29 is 42.9 Å². The number of carbonyl (C=O) groups is 3. The molecule has 85 heavy (non-hydrogen) atoms. The average Bonchev–Trinajstić information content (AvgIpc) is 3.49. The van der Waals surface area contributed by atoms with Gasteiger partial charge in [-0.05, 0) is 103 Å². The highest BCUT2D eigenvalue weighted by molar-refractivity contribution is 5.71. The van der Waals surface area contributed by atoms with E-state index in [1.165, 1.54) is 154 Å². The zero-order valence-electron chi connectivity index (χ0n) is 55.7. The molecule has 9 nitrogen and oxygen atoms in total. The first kappa shape index (κ1) is 81.0. The lowest BCUT2D eigenvalue weighted by molar-refractivity contribution is -0.870. The fourth-order valence-electron chi connectivity index (χ4n) is 9.67. The average molecular weight is 1190 g/mol. The van der Waals surface area contributed by atoms with Gasteiger partial charge in [-0.25, -0.2) is 4.79 Å². The summed E-state index contributed by atoms with van der Waals surface area (Å²) in [5.74, 6) is -2.02. The highest BCUT2D eigenvalue weighted by Crippen LogP contribution is 2.17. The number of likely N-dealkylation sites (N-methyl/N-ethyl adjacent to an activating group) is 1. The van der Waals surface area contributed by atoms with E-state index in [1.807, 2.05) is 21.1 Å². The summed E-state index contributed by atoms with van der Waals surface area (Å²) in [6.45, 7) is 4.77. The predicted octanol–water partition coefficient (Wildman–Crippen LogP) is 21.8. The molecule has 0 saturated carbocycles. The molecule has 0 spiro atoms. The molecule has 2 atom stereocenters. The number of rotatable bonds is 64. The van der Waals surface area contributed by atoms with E-state index in [0.717, 1.165) is 109 Å². The van der Waals surface area contributed by atoms with E-state index in [4.69, 9.17) is 18.9 Å². The van der Waals surface area contributed by atoms with E-state index in [9.17, 15) is 19.5 Å². The number of allylic oxidation sites excluding steroid dienone is 18. The first-order chi connectivity index (χ1) is 41.6. The molecule has 0 aromatic rings. The van der Waals surface area contributed by atoms with Crippen molar-refractivity contribution in [3.05, 3.63) is 109 Å². The van der Waals surface area contributed by atoms with E-state index in [1.54, 1.807) is 0 Å². The third-order valence-electron chi connectivity index (χ3n) is 15.0. The second kappa shape index (κ2) is 65.9. The van der Waals surface area contributed by atoms with Crippen LogP contribution in [0.2, 0.25) is 0 Å². The van der Waals surface area contributed by atoms with Gasteiger partial charge in [-0.1, -0.05) is 290 Å². The highest BCUT2D eigenvalue weighted by Gasteiger charge is 2.25. The van der Waals surface area contributed by atoms with E-state index in [0.29, 0.717) is 23.9 Å². The Hall–Kier alpha value is -4.05. The second-order valence-corrected chi connectivity index (χ2v) is 24.5. The van der Waals surface area contributed by atoms with Gasteiger partial charge in [-0.3, -0.25) is 9.59 Å². The van der Waals surface area contributed by atoms with Gasteiger partial charge < -0.3 is 28.5 Å². The molecule has 0 amide bonds. The molecule has 0 saturated heterocycles. The van der Waals surface area contributed by atoms with Gasteiger partial charge in [0.15, 0.2) is 6.10 Å². The van der Waals surface area contributed by atoms with Gasteiger partial charge in [-0.15, -0.1) is 0 Å². The Bertz CT molecular complexity index is 1760. The number of ether oxygens (including phenoxy) is 4. The molecule has 0 rings (SSSR count). The lowest BCUT2D eigenvalue weighted by Crippen LogP contribution is -2.40. The van der Waals surface area contributed by atoms with Crippen molar-refractivity contribution in [2.75, 3.05) is 47.5 Å². The van der Waals surface area contributed by atoms with E-state index >= 15 is 0 Å². The molecule has 0 fully saturated rings. The van der Waals surface area contributed by atoms with Crippen LogP contribution in [0.1, 0.15) is 296 Å². The smallest absolute Gasteiger partial charge is 0.361 e. The Morgan fingerprint density at radius 2 is 0.671 bits per heavy atom. The Kier molecular flexibility index (Phi) is 62.8. The first-order valence-corrected chi connectivity index (χ1v) is 35.1. The normalized spacial score (nSPS) is 13.4. The van der Waals surface area contributed by atoms with Crippen molar-refractivity contribution in [2.24, 2.45) is 0 Å². The maximum absolute atomic E-state index is 12.9. The molecule has 0 heterocycles. The lowest BCUT2D eigenvalue weighted by atomic mass is 10.0. The number of esters is 2. The third kappa shape index (κ3) is 67.3. The van der Waals surface area contributed by atoms with Gasteiger partial charge in [0.1, 0.15) is 13.2 Å². The van der Waals surface area contributed by atoms with Crippen LogP contribution in [-0.2, 0) is 33.3 Å². The zero-order valence-corrected chi connectivity index (χ0v) is 55.7. The number of aliphatic carboxylic acids is 1. The van der Waals surface area contributed by atoms with Crippen molar-refractivity contribution in [3.8, 4) is 0 Å². The van der Waals surface area contributed by atoms with Crippen LogP contribution in [0.4, 0.5) is 0 Å². The minimum atomic E-state index is -1.52. The number of quaternary nitrogens is 1. The lowest BCUT2D eigenvalue weighted by Gasteiger charge is -2.25. The third-order valence-corrected chi connectivity index (χ3v) is 15.0. The number of carboxylic acids is 1. The summed E-state index contributed by atoms with van der Waals surface area (Å²) in [5, 5.41) is 9.75. The Morgan fingerprint density at radius 1 is 0.365 bits per heavy atom. The molecule has 0 aliphatic rings. The Labute approximate surface area is 524 Å². The van der Waals surface area contributed by atoms with Gasteiger partial charge in [0, 0.05) is 12.8 Å². The van der Waals surface area contributed by atoms with Crippen LogP contribution < -0.4 is 0 Å². The number of unbranched alkanes of at least 4 members (excludes halogenated alkanes) is 31. The van der Waals surface area contributed by atoms with E-state index in [2.05, 4.69) is 123 Å². The van der Waals surface area contributed by atoms with Crippen LogP contribution in [0.5, 0.6) is 0 Å². The van der Waals surface area contributed by atoms with Crippen LogP contribution in [0.3, 0.4) is 0 Å². The molecular weight excluding hydrogens is 1050 g/mol. The number of hydrogen-bond acceptors (Lipinski definition) is 7. The van der Waals surface area contributed by atoms with Gasteiger partial charge in [-0.2, -0.15) is 0 Å². The van der Waals surface area contributed by atoms with Gasteiger partial charge >= 0.3 is 17.9 Å². The number of carboxylic acid groups (broad SMARTS) is 1. The summed E-state index contributed by atoms with van der Waals surface area (Å²) in [4.78, 5) is 37.6. The van der Waals surface area contributed by atoms with Crippen molar-refractivity contribution in [1.82, 2.24) is 0 Å². The fourth-order valence-corrected chi connectivity index (χ4v) is 9.67. The minimum absolute atomic E-state index is 0.180. The number of carbonyl (C=O) groups excluding carboxylic acids is 2. The monoisotopic (exact) mass is 1190 g/mol. The zero-order chi connectivity index (χ0) is 61.9. The second-order valence-electron chi connectivity index (χ2n) is 24.5. The van der Waals surface area contributed by atoms with Crippen molar-refractivity contribution in [2.45, 2.75) is 309 Å². The van der Waals surface area contributed by atoms with E-state index in [-0.39, 0.29) is 32.2 Å². The summed E-state index contributed by atoms with van der Waals surface area (Å²) >= 11 is 0. The summed E-state index contributed by atoms with van der Waals surface area (Å²) in [5.41, 5.74) is 0. The molecule has 0 aliphatic heterocycles. The maximum atomic E-state index is 12.9. The molecule has 0 aliphatic carbocycles. The van der Waals surface area contributed by atoms with Crippen molar-refractivity contribution in [3.63, 3.8) is 0 Å². The first-order valence-electron chi connectivity index (χ1n) is 35.1. The van der Waals surface area contributed by atoms with Gasteiger partial charge in [0.2, 0.25) is 0 Å². The quantitative estimate of drug-likeness (QED) is 0.0211. The predicted molar refractivity (Wildman–Crippen MR) is 364 cm³/mol. The topological polar surface area (TPSA) is 108 Å². The van der Waals surface area contributed by atoms with Gasteiger partial charge in [0.05, 0.1) is 34.4 Å². The molecule has 2 unspecified atom stereocenters. The molecule has 0 aromatic heterocycles. The maximum Gasteiger partial charge on any atom is 0.361 e. The molecule has 0 aromatic carbocycles. The van der Waals surface area contributed by atoms with Crippen molar-refractivity contribution in [1.29, 1.82) is 0 Å². The number of nitrogens with zero attached hydrogens (tertiary/aromatic N) is 1. The summed E-state index contributed by atoms with van der Waals surface area (Å²) in [6, 6.07) is 0. The van der Waals surface area contributed by atoms with E-state index < -0.39 is 24.3 Å². The van der Waals surface area contributed by atoms with Crippen LogP contribution in [0.15, 0.2) is 109 Å². The highest BCUT2D eigenvalue weighted by atomic mass is 16.7. The standard InChI is InChI=1S/C76H131NO8/c1-6-8-10-12-14-16-18-20-22-24-26-28-30-32-34-36-37-39-41-43-45-47-49-51-53-55-57-59-61-63-65-67-74(79)85-72(71-84-76(75(80)81)82-69-68-77(3,4)5)70-83-73(78)66-64-62-60-58-56-54-52-50-48-46-44-42-40-38-35-33-31-29-27-25-23-21-19-17-15-13-11-9-7-2/h8,10,14,16,20,22,25-28,32,34,37,39,43,45,49,51,72,76H,6-7,9,11-13,15,17-19,21,23-24,29-31,33,35-36,38,40-42,44,46-48,50,52-71H2,1-5H3/p+1/b10-8-,16-14-,22-20-,27-25-,28-26-,34-32-,39-37-,45-43-,51-49-. The Balaban J connectivity index is 4.18.